The molecule has 0 spiro atoms. The van der Waals surface area contributed by atoms with Gasteiger partial charge in [-0.25, -0.2) is 0 Å². The summed E-state index contributed by atoms with van der Waals surface area (Å²) < 4.78 is 10.4. The average Bonchev–Trinajstić information content (AvgIpc) is 2.80. The summed E-state index contributed by atoms with van der Waals surface area (Å²) in [5.41, 5.74) is 4.22. The Kier molecular flexibility index (Phi) is 5.22. The van der Waals surface area contributed by atoms with Crippen molar-refractivity contribution in [2.24, 2.45) is 0 Å². The Morgan fingerprint density at radius 2 is 1.37 bits per heavy atom. The van der Waals surface area contributed by atoms with Crippen molar-refractivity contribution in [1.29, 1.82) is 0 Å². The van der Waals surface area contributed by atoms with Gasteiger partial charge in [0.1, 0.15) is 11.5 Å². The molecule has 0 aliphatic heterocycles. The van der Waals surface area contributed by atoms with Gasteiger partial charge in [-0.05, 0) is 36.4 Å². The van der Waals surface area contributed by atoms with Gasteiger partial charge in [0.15, 0.2) is 11.5 Å². The Morgan fingerprint density at radius 3 is 1.93 bits per heavy atom. The highest BCUT2D eigenvalue weighted by molar-refractivity contribution is 5.75. The van der Waals surface area contributed by atoms with Crippen LogP contribution in [0.4, 0.5) is 0 Å². The molecule has 0 fully saturated rings. The number of nitrogens with zero attached hydrogens (tertiary/aromatic N) is 2. The summed E-state index contributed by atoms with van der Waals surface area (Å²) in [6.45, 7) is 0. The first-order valence-electron chi connectivity index (χ1n) is 9.27. The molecule has 0 saturated heterocycles. The molecule has 2 N–H and O–H groups in total. The molecule has 0 amide bonds. The maximum atomic E-state index is 10.3. The standard InChI is InChI=1S/C24H20N2O4/c1-29-17-8-11-22(27)19(12-17)16-7-10-21(26-14-16)20-9-6-15(13-25-20)18-4-3-5-23(30-2)24(18)28/h3-14,27-28H,1-2H3. The fourth-order valence-electron chi connectivity index (χ4n) is 3.20. The van der Waals surface area contributed by atoms with E-state index in [9.17, 15) is 10.2 Å². The fraction of sp³-hybridized carbons (Fsp3) is 0.0833. The zero-order valence-electron chi connectivity index (χ0n) is 16.5. The average molecular weight is 400 g/mol. The summed E-state index contributed by atoms with van der Waals surface area (Å²) in [6.07, 6.45) is 3.38. The number of aromatic hydroxyl groups is 2. The second-order valence-corrected chi connectivity index (χ2v) is 6.60. The Morgan fingerprint density at radius 1 is 0.700 bits per heavy atom. The summed E-state index contributed by atoms with van der Waals surface area (Å²) in [5.74, 6) is 1.31. The fourth-order valence-corrected chi connectivity index (χ4v) is 3.20. The third kappa shape index (κ3) is 3.63. The normalized spacial score (nSPS) is 10.6. The lowest BCUT2D eigenvalue weighted by molar-refractivity contribution is 0.374. The van der Waals surface area contributed by atoms with Crippen molar-refractivity contribution in [1.82, 2.24) is 9.97 Å². The summed E-state index contributed by atoms with van der Waals surface area (Å²) in [6, 6.07) is 17.8. The van der Waals surface area contributed by atoms with E-state index in [1.54, 1.807) is 43.8 Å². The van der Waals surface area contributed by atoms with Crippen LogP contribution in [0.2, 0.25) is 0 Å². The van der Waals surface area contributed by atoms with Crippen molar-refractivity contribution in [3.63, 3.8) is 0 Å². The summed E-state index contributed by atoms with van der Waals surface area (Å²) >= 11 is 0. The monoisotopic (exact) mass is 400 g/mol. The lowest BCUT2D eigenvalue weighted by Crippen LogP contribution is -1.91. The first-order valence-corrected chi connectivity index (χ1v) is 9.27. The zero-order valence-corrected chi connectivity index (χ0v) is 16.5. The molecule has 2 aromatic heterocycles. The zero-order chi connectivity index (χ0) is 21.1. The highest BCUT2D eigenvalue weighted by atomic mass is 16.5. The minimum absolute atomic E-state index is 0.0788. The molecule has 2 heterocycles. The number of methoxy groups -OCH3 is 2. The number of phenols is 2. The van der Waals surface area contributed by atoms with Crippen LogP contribution in [-0.2, 0) is 0 Å². The summed E-state index contributed by atoms with van der Waals surface area (Å²) in [4.78, 5) is 8.97. The maximum Gasteiger partial charge on any atom is 0.165 e. The van der Waals surface area contributed by atoms with Crippen molar-refractivity contribution >= 4 is 0 Å². The van der Waals surface area contributed by atoms with Gasteiger partial charge < -0.3 is 19.7 Å². The van der Waals surface area contributed by atoms with Crippen LogP contribution in [0.15, 0.2) is 73.1 Å². The number of benzene rings is 2. The number of aromatic nitrogens is 2. The van der Waals surface area contributed by atoms with Gasteiger partial charge in [0, 0.05) is 34.6 Å². The van der Waals surface area contributed by atoms with Crippen LogP contribution in [0, 0.1) is 0 Å². The van der Waals surface area contributed by atoms with Crippen LogP contribution in [0.1, 0.15) is 0 Å². The molecule has 0 aliphatic carbocycles. The minimum Gasteiger partial charge on any atom is -0.507 e. The van der Waals surface area contributed by atoms with E-state index in [-0.39, 0.29) is 11.5 Å². The van der Waals surface area contributed by atoms with Crippen LogP contribution in [0.25, 0.3) is 33.6 Å². The largest absolute Gasteiger partial charge is 0.507 e. The molecule has 0 bridgehead atoms. The summed E-state index contributed by atoms with van der Waals surface area (Å²) in [5, 5.41) is 20.5. The van der Waals surface area contributed by atoms with Crippen LogP contribution >= 0.6 is 0 Å². The van der Waals surface area contributed by atoms with Crippen LogP contribution in [0.5, 0.6) is 23.0 Å². The number of hydrogen-bond donors (Lipinski definition) is 2. The number of para-hydroxylation sites is 1. The first kappa shape index (κ1) is 19.3. The SMILES string of the molecule is COc1ccc(O)c(-c2ccc(-c3ccc(-c4cccc(OC)c4O)cn3)nc2)c1. The van der Waals surface area contributed by atoms with Crippen molar-refractivity contribution in [2.75, 3.05) is 14.2 Å². The van der Waals surface area contributed by atoms with Gasteiger partial charge in [-0.1, -0.05) is 24.3 Å². The van der Waals surface area contributed by atoms with Crippen molar-refractivity contribution in [2.45, 2.75) is 0 Å². The molecule has 6 nitrogen and oxygen atoms in total. The molecule has 2 aromatic carbocycles. The topological polar surface area (TPSA) is 84.7 Å². The Labute approximate surface area is 174 Å². The molecule has 0 atom stereocenters. The van der Waals surface area contributed by atoms with Crippen LogP contribution < -0.4 is 9.47 Å². The number of pyridine rings is 2. The smallest absolute Gasteiger partial charge is 0.165 e. The Bertz CT molecular complexity index is 1130. The molecular weight excluding hydrogens is 380 g/mol. The predicted octanol–water partition coefficient (Wildman–Crippen LogP) is 4.91. The van der Waals surface area contributed by atoms with Gasteiger partial charge in [-0.2, -0.15) is 0 Å². The molecule has 0 aliphatic rings. The van der Waals surface area contributed by atoms with Gasteiger partial charge in [0.2, 0.25) is 0 Å². The highest BCUT2D eigenvalue weighted by Gasteiger charge is 2.11. The third-order valence-electron chi connectivity index (χ3n) is 4.83. The molecule has 30 heavy (non-hydrogen) atoms. The van der Waals surface area contributed by atoms with E-state index in [2.05, 4.69) is 9.97 Å². The van der Waals surface area contributed by atoms with Crippen molar-refractivity contribution in [3.8, 4) is 56.6 Å². The van der Waals surface area contributed by atoms with Gasteiger partial charge >= 0.3 is 0 Å². The van der Waals surface area contributed by atoms with Gasteiger partial charge in [0.05, 0.1) is 25.6 Å². The molecule has 4 aromatic rings. The number of rotatable bonds is 5. The third-order valence-corrected chi connectivity index (χ3v) is 4.83. The number of ether oxygens (including phenoxy) is 2. The van der Waals surface area contributed by atoms with E-state index in [1.807, 2.05) is 36.4 Å². The van der Waals surface area contributed by atoms with Gasteiger partial charge in [-0.3, -0.25) is 9.97 Å². The lowest BCUT2D eigenvalue weighted by Gasteiger charge is -2.10. The van der Waals surface area contributed by atoms with Crippen LogP contribution in [0.3, 0.4) is 0 Å². The van der Waals surface area contributed by atoms with E-state index >= 15 is 0 Å². The van der Waals surface area contributed by atoms with Crippen molar-refractivity contribution in [3.05, 3.63) is 73.1 Å². The Hall–Kier alpha value is -4.06. The summed E-state index contributed by atoms with van der Waals surface area (Å²) in [7, 11) is 3.10. The second-order valence-electron chi connectivity index (χ2n) is 6.60. The van der Waals surface area contributed by atoms with E-state index in [4.69, 9.17) is 9.47 Å². The molecular formula is C24H20N2O4. The highest BCUT2D eigenvalue weighted by Crippen LogP contribution is 2.37. The van der Waals surface area contributed by atoms with E-state index < -0.39 is 0 Å². The number of phenolic OH excluding ortho intramolecular Hbond substituents is 2. The molecule has 6 heteroatoms. The lowest BCUT2D eigenvalue weighted by atomic mass is 10.0. The van der Waals surface area contributed by atoms with E-state index in [0.717, 1.165) is 11.1 Å². The van der Waals surface area contributed by atoms with Crippen molar-refractivity contribution < 1.29 is 19.7 Å². The number of hydrogen-bond acceptors (Lipinski definition) is 6. The van der Waals surface area contributed by atoms with E-state index in [0.29, 0.717) is 34.0 Å². The predicted molar refractivity (Wildman–Crippen MR) is 115 cm³/mol. The molecule has 150 valence electrons. The Balaban J connectivity index is 1.62. The van der Waals surface area contributed by atoms with Gasteiger partial charge in [0.25, 0.3) is 0 Å². The quantitative estimate of drug-likeness (QED) is 0.495. The van der Waals surface area contributed by atoms with E-state index in [1.165, 1.54) is 7.11 Å². The molecule has 0 radical (unpaired) electrons. The molecule has 0 saturated carbocycles. The second kappa shape index (κ2) is 8.13. The van der Waals surface area contributed by atoms with Gasteiger partial charge in [-0.15, -0.1) is 0 Å². The molecule has 0 unspecified atom stereocenters. The first-order chi connectivity index (χ1) is 14.6. The minimum atomic E-state index is 0.0788. The molecule has 4 rings (SSSR count). The maximum absolute atomic E-state index is 10.3. The van der Waals surface area contributed by atoms with Crippen LogP contribution in [-0.4, -0.2) is 34.4 Å².